The minimum Gasteiger partial charge on any atom is -0.382 e. The maximum absolute atomic E-state index is 5.29. The summed E-state index contributed by atoms with van der Waals surface area (Å²) in [5.74, 6) is 0.784. The normalized spacial score (nSPS) is 13.6. The van der Waals surface area contributed by atoms with Crippen molar-refractivity contribution in [1.82, 2.24) is 10.2 Å². The Morgan fingerprint density at radius 3 is 2.47 bits per heavy atom. The third-order valence-corrected chi connectivity index (χ3v) is 3.05. The number of rotatable bonds is 11. The van der Waals surface area contributed by atoms with Gasteiger partial charge in [-0.3, -0.25) is 0 Å². The summed E-state index contributed by atoms with van der Waals surface area (Å²) in [4.78, 5) is 2.44. The van der Waals surface area contributed by atoms with Crippen molar-refractivity contribution in [3.63, 3.8) is 0 Å². The van der Waals surface area contributed by atoms with Crippen LogP contribution in [0, 0.1) is 5.92 Å². The molecule has 0 rings (SSSR count). The third kappa shape index (κ3) is 10.7. The first-order chi connectivity index (χ1) is 8.07. The molecule has 0 aromatic rings. The van der Waals surface area contributed by atoms with Gasteiger partial charge in [0.15, 0.2) is 0 Å². The zero-order valence-electron chi connectivity index (χ0n) is 12.5. The van der Waals surface area contributed by atoms with E-state index >= 15 is 0 Å². The van der Waals surface area contributed by atoms with Crippen molar-refractivity contribution in [3.8, 4) is 0 Å². The second-order valence-electron chi connectivity index (χ2n) is 5.26. The Kier molecular flexibility index (Phi) is 10.9. The second kappa shape index (κ2) is 11.0. The molecule has 1 unspecified atom stereocenters. The number of nitrogens with one attached hydrogen (secondary N) is 1. The maximum Gasteiger partial charge on any atom is 0.0477 e. The molecule has 0 aliphatic rings. The minimum atomic E-state index is 0.681. The first kappa shape index (κ1) is 16.9. The fraction of sp³-hybridized carbons (Fsp3) is 1.00. The van der Waals surface area contributed by atoms with Gasteiger partial charge in [0.05, 0.1) is 0 Å². The van der Waals surface area contributed by atoms with Gasteiger partial charge in [-0.25, -0.2) is 0 Å². The topological polar surface area (TPSA) is 24.5 Å². The Morgan fingerprint density at radius 1 is 1.18 bits per heavy atom. The highest BCUT2D eigenvalue weighted by Gasteiger charge is 2.09. The summed E-state index contributed by atoms with van der Waals surface area (Å²) in [6.45, 7) is 13.9. The quantitative estimate of drug-likeness (QED) is 0.565. The number of nitrogens with zero attached hydrogens (tertiary/aromatic N) is 1. The molecule has 0 heterocycles. The molecule has 3 heteroatoms. The van der Waals surface area contributed by atoms with Crippen LogP contribution < -0.4 is 5.32 Å². The Balaban J connectivity index is 3.35. The van der Waals surface area contributed by atoms with Gasteiger partial charge in [0.25, 0.3) is 0 Å². The standard InChI is InChI=1S/C14H32N2O/c1-6-17-11-7-8-15-9-10-16(5)14(4)12-13(2)3/h13-15H,6-12H2,1-5H3. The number of hydrogen-bond donors (Lipinski definition) is 1. The molecule has 104 valence electrons. The minimum absolute atomic E-state index is 0.681. The molecule has 3 nitrogen and oxygen atoms in total. The summed E-state index contributed by atoms with van der Waals surface area (Å²) < 4.78 is 5.29. The van der Waals surface area contributed by atoms with Gasteiger partial charge in [-0.05, 0) is 46.2 Å². The van der Waals surface area contributed by atoms with Crippen molar-refractivity contribution in [2.24, 2.45) is 5.92 Å². The highest BCUT2D eigenvalue weighted by Crippen LogP contribution is 2.08. The van der Waals surface area contributed by atoms with Crippen LogP contribution in [0.5, 0.6) is 0 Å². The fourth-order valence-electron chi connectivity index (χ4n) is 1.91. The molecule has 0 saturated carbocycles. The number of hydrogen-bond acceptors (Lipinski definition) is 3. The van der Waals surface area contributed by atoms with Crippen LogP contribution in [0.4, 0.5) is 0 Å². The lowest BCUT2D eigenvalue weighted by Gasteiger charge is -2.26. The summed E-state index contributed by atoms with van der Waals surface area (Å²) >= 11 is 0. The molecular formula is C14H32N2O. The smallest absolute Gasteiger partial charge is 0.0477 e. The van der Waals surface area contributed by atoms with Crippen LogP contribution >= 0.6 is 0 Å². The van der Waals surface area contributed by atoms with Gasteiger partial charge < -0.3 is 15.0 Å². The molecular weight excluding hydrogens is 212 g/mol. The van der Waals surface area contributed by atoms with Gasteiger partial charge in [0.2, 0.25) is 0 Å². The Bertz CT molecular complexity index is 162. The van der Waals surface area contributed by atoms with E-state index in [-0.39, 0.29) is 0 Å². The van der Waals surface area contributed by atoms with Crippen LogP contribution in [0.1, 0.15) is 40.5 Å². The molecule has 17 heavy (non-hydrogen) atoms. The highest BCUT2D eigenvalue weighted by atomic mass is 16.5. The van der Waals surface area contributed by atoms with Crippen LogP contribution in [0.15, 0.2) is 0 Å². The van der Waals surface area contributed by atoms with Gasteiger partial charge in [-0.1, -0.05) is 13.8 Å². The lowest BCUT2D eigenvalue weighted by molar-refractivity contribution is 0.144. The van der Waals surface area contributed by atoms with Gasteiger partial charge >= 0.3 is 0 Å². The van der Waals surface area contributed by atoms with Crippen molar-refractivity contribution in [2.75, 3.05) is 39.9 Å². The first-order valence-corrected chi connectivity index (χ1v) is 7.06. The molecule has 0 saturated heterocycles. The van der Waals surface area contributed by atoms with Crippen LogP contribution in [0.2, 0.25) is 0 Å². The Morgan fingerprint density at radius 2 is 1.88 bits per heavy atom. The molecule has 1 atom stereocenters. The van der Waals surface area contributed by atoms with E-state index < -0.39 is 0 Å². The maximum atomic E-state index is 5.29. The molecule has 0 amide bonds. The number of ether oxygens (including phenoxy) is 1. The molecule has 0 radical (unpaired) electrons. The Hall–Kier alpha value is -0.120. The summed E-state index contributed by atoms with van der Waals surface area (Å²) in [6, 6.07) is 0.681. The zero-order valence-corrected chi connectivity index (χ0v) is 12.5. The predicted octanol–water partition coefficient (Wildman–Crippen LogP) is 2.37. The fourth-order valence-corrected chi connectivity index (χ4v) is 1.91. The van der Waals surface area contributed by atoms with Crippen molar-refractivity contribution >= 4 is 0 Å². The predicted molar refractivity (Wildman–Crippen MR) is 75.5 cm³/mol. The molecule has 0 aliphatic heterocycles. The largest absolute Gasteiger partial charge is 0.382 e. The van der Waals surface area contributed by atoms with E-state index in [9.17, 15) is 0 Å². The van der Waals surface area contributed by atoms with Gasteiger partial charge in [-0.15, -0.1) is 0 Å². The van der Waals surface area contributed by atoms with Crippen molar-refractivity contribution in [3.05, 3.63) is 0 Å². The van der Waals surface area contributed by atoms with Crippen LogP contribution in [0.25, 0.3) is 0 Å². The summed E-state index contributed by atoms with van der Waals surface area (Å²) in [5.41, 5.74) is 0. The van der Waals surface area contributed by atoms with Crippen LogP contribution in [-0.4, -0.2) is 50.8 Å². The highest BCUT2D eigenvalue weighted by molar-refractivity contribution is 4.66. The SMILES string of the molecule is CCOCCCNCCN(C)C(C)CC(C)C. The monoisotopic (exact) mass is 244 g/mol. The Labute approximate surface area is 108 Å². The van der Waals surface area contributed by atoms with Gasteiger partial charge in [0.1, 0.15) is 0 Å². The van der Waals surface area contributed by atoms with E-state index in [1.807, 2.05) is 6.92 Å². The summed E-state index contributed by atoms with van der Waals surface area (Å²) in [6.07, 6.45) is 2.39. The van der Waals surface area contributed by atoms with Crippen molar-refractivity contribution < 1.29 is 4.74 Å². The summed E-state index contributed by atoms with van der Waals surface area (Å²) in [7, 11) is 2.22. The number of likely N-dealkylation sites (N-methyl/N-ethyl adjacent to an activating group) is 1. The van der Waals surface area contributed by atoms with E-state index in [1.165, 1.54) is 6.42 Å². The van der Waals surface area contributed by atoms with E-state index in [0.717, 1.165) is 45.2 Å². The average molecular weight is 244 g/mol. The van der Waals surface area contributed by atoms with Crippen molar-refractivity contribution in [2.45, 2.75) is 46.6 Å². The van der Waals surface area contributed by atoms with Crippen LogP contribution in [-0.2, 0) is 4.74 Å². The van der Waals surface area contributed by atoms with E-state index in [2.05, 4.69) is 38.0 Å². The lowest BCUT2D eigenvalue weighted by atomic mass is 10.0. The van der Waals surface area contributed by atoms with E-state index in [4.69, 9.17) is 4.74 Å². The van der Waals surface area contributed by atoms with Gasteiger partial charge in [-0.2, -0.15) is 0 Å². The van der Waals surface area contributed by atoms with Gasteiger partial charge in [0, 0.05) is 32.3 Å². The average Bonchev–Trinajstić information content (AvgIpc) is 2.26. The van der Waals surface area contributed by atoms with Crippen LogP contribution in [0.3, 0.4) is 0 Å². The molecule has 0 fully saturated rings. The lowest BCUT2D eigenvalue weighted by Crippen LogP contribution is -2.36. The molecule has 0 spiro atoms. The van der Waals surface area contributed by atoms with E-state index in [0.29, 0.717) is 6.04 Å². The molecule has 1 N–H and O–H groups in total. The molecule has 0 aliphatic carbocycles. The second-order valence-corrected chi connectivity index (χ2v) is 5.26. The molecule has 0 aromatic heterocycles. The molecule has 0 aromatic carbocycles. The third-order valence-electron chi connectivity index (χ3n) is 3.05. The molecule has 0 bridgehead atoms. The summed E-state index contributed by atoms with van der Waals surface area (Å²) in [5, 5.41) is 3.46. The first-order valence-electron chi connectivity index (χ1n) is 7.06. The zero-order chi connectivity index (χ0) is 13.1. The van der Waals surface area contributed by atoms with E-state index in [1.54, 1.807) is 0 Å². The van der Waals surface area contributed by atoms with Crippen molar-refractivity contribution in [1.29, 1.82) is 0 Å².